The van der Waals surface area contributed by atoms with E-state index < -0.39 is 24.0 Å². The summed E-state index contributed by atoms with van der Waals surface area (Å²) in [6, 6.07) is 9.24. The third-order valence-electron chi connectivity index (χ3n) is 5.98. The number of rotatable bonds is 5. The number of ether oxygens (including phenoxy) is 1. The highest BCUT2D eigenvalue weighted by atomic mass is 79.9. The number of thiophene rings is 1. The number of hydrogen-bond donors (Lipinski definition) is 0. The van der Waals surface area contributed by atoms with E-state index in [1.165, 1.54) is 18.4 Å². The van der Waals surface area contributed by atoms with Gasteiger partial charge in [-0.15, -0.1) is 11.3 Å². The lowest BCUT2D eigenvalue weighted by Crippen LogP contribution is -2.49. The number of imidazole rings is 1. The Kier molecular flexibility index (Phi) is 6.25. The molecule has 178 valence electrons. The highest BCUT2D eigenvalue weighted by molar-refractivity contribution is 9.10. The summed E-state index contributed by atoms with van der Waals surface area (Å²) in [6.07, 6.45) is -5.48. The van der Waals surface area contributed by atoms with Crippen LogP contribution in [0, 0.1) is 11.3 Å². The molecular formula is C23H20BrF3N4O2S. The minimum atomic E-state index is -4.61. The van der Waals surface area contributed by atoms with Crippen LogP contribution in [-0.4, -0.2) is 46.2 Å². The fourth-order valence-electron chi connectivity index (χ4n) is 4.10. The van der Waals surface area contributed by atoms with Gasteiger partial charge in [0.1, 0.15) is 17.0 Å². The van der Waals surface area contributed by atoms with Gasteiger partial charge in [0.2, 0.25) is 0 Å². The Morgan fingerprint density at radius 2 is 2.15 bits per heavy atom. The Labute approximate surface area is 206 Å². The molecule has 1 aliphatic rings. The van der Waals surface area contributed by atoms with Gasteiger partial charge < -0.3 is 14.2 Å². The maximum atomic E-state index is 13.5. The quantitative estimate of drug-likeness (QED) is 0.394. The summed E-state index contributed by atoms with van der Waals surface area (Å²) in [5.74, 6) is -0.0621. The zero-order valence-electron chi connectivity index (χ0n) is 18.5. The number of nitriles is 1. The lowest BCUT2D eigenvalue weighted by Gasteiger charge is -2.33. The topological polar surface area (TPSA) is 71.2 Å². The number of aromatic nitrogens is 2. The fourth-order valence-corrected chi connectivity index (χ4v) is 5.32. The number of methoxy groups -OCH3 is 1. The first kappa shape index (κ1) is 24.3. The number of alkyl halides is 3. The minimum Gasteiger partial charge on any atom is -0.496 e. The number of benzene rings is 1. The molecule has 0 saturated heterocycles. The third-order valence-corrected chi connectivity index (χ3v) is 7.48. The summed E-state index contributed by atoms with van der Waals surface area (Å²) in [5, 5.41) is 11.4. The molecule has 34 heavy (non-hydrogen) atoms. The zero-order chi connectivity index (χ0) is 24.8. The second kappa shape index (κ2) is 8.74. The van der Waals surface area contributed by atoms with Crippen LogP contribution in [0.3, 0.4) is 0 Å². The van der Waals surface area contributed by atoms with E-state index in [4.69, 9.17) is 4.74 Å². The molecule has 3 aromatic rings. The molecule has 6 nitrogen and oxygen atoms in total. The highest BCUT2D eigenvalue weighted by Gasteiger charge is 2.45. The van der Waals surface area contributed by atoms with Gasteiger partial charge in [-0.1, -0.05) is 6.07 Å². The fraction of sp³-hybridized carbons (Fsp3) is 0.348. The lowest BCUT2D eigenvalue weighted by molar-refractivity contribution is -0.150. The van der Waals surface area contributed by atoms with Crippen molar-refractivity contribution in [1.29, 1.82) is 5.26 Å². The number of fused-ring (bicyclic) bond motifs is 3. The number of carbonyl (C=O) groups is 1. The van der Waals surface area contributed by atoms with E-state index in [0.29, 0.717) is 30.1 Å². The van der Waals surface area contributed by atoms with Crippen LogP contribution >= 0.6 is 27.3 Å². The smallest absolute Gasteiger partial charge is 0.392 e. The normalized spacial score (nSPS) is 14.5. The zero-order valence-corrected chi connectivity index (χ0v) is 20.9. The average molecular weight is 553 g/mol. The Bertz CT molecular complexity index is 1300. The van der Waals surface area contributed by atoms with Crippen LogP contribution in [0.2, 0.25) is 0 Å². The summed E-state index contributed by atoms with van der Waals surface area (Å²) in [6.45, 7) is 1.51. The van der Waals surface area contributed by atoms with Crippen LogP contribution in [0.1, 0.15) is 29.5 Å². The molecule has 4 rings (SSSR count). The molecule has 2 aromatic heterocycles. The molecular weight excluding hydrogens is 533 g/mol. The second-order valence-corrected chi connectivity index (χ2v) is 10.00. The second-order valence-electron chi connectivity index (χ2n) is 8.20. The van der Waals surface area contributed by atoms with E-state index in [0.717, 1.165) is 32.3 Å². The van der Waals surface area contributed by atoms with Gasteiger partial charge in [-0.05, 0) is 58.4 Å². The first-order valence-electron chi connectivity index (χ1n) is 10.3. The van der Waals surface area contributed by atoms with Crippen LogP contribution in [0.15, 0.2) is 34.1 Å². The van der Waals surface area contributed by atoms with E-state index in [9.17, 15) is 23.2 Å². The van der Waals surface area contributed by atoms with Gasteiger partial charge in [-0.2, -0.15) is 18.4 Å². The summed E-state index contributed by atoms with van der Waals surface area (Å²) in [7, 11) is 2.79. The Morgan fingerprint density at radius 3 is 2.74 bits per heavy atom. The van der Waals surface area contributed by atoms with Crippen molar-refractivity contribution in [3.63, 3.8) is 0 Å². The Morgan fingerprint density at radius 1 is 1.41 bits per heavy atom. The molecule has 3 heterocycles. The lowest BCUT2D eigenvalue weighted by atomic mass is 9.96. The molecule has 0 saturated carbocycles. The monoisotopic (exact) mass is 552 g/mol. The summed E-state index contributed by atoms with van der Waals surface area (Å²) in [5.41, 5.74) is 1.07. The van der Waals surface area contributed by atoms with Crippen LogP contribution < -0.4 is 4.74 Å². The summed E-state index contributed by atoms with van der Waals surface area (Å²) in [4.78, 5) is 19.7. The average Bonchev–Trinajstić information content (AvgIpc) is 3.44. The van der Waals surface area contributed by atoms with Crippen LogP contribution in [0.25, 0.3) is 21.8 Å². The number of hydrogen-bond acceptors (Lipinski definition) is 5. The molecule has 0 radical (unpaired) electrons. The van der Waals surface area contributed by atoms with Crippen molar-refractivity contribution in [2.45, 2.75) is 38.0 Å². The number of carbonyl (C=O) groups excluding carboxylic acids is 1. The first-order valence-corrected chi connectivity index (χ1v) is 11.9. The number of halogens is 4. The van der Waals surface area contributed by atoms with Crippen molar-refractivity contribution in [2.24, 2.45) is 0 Å². The molecule has 0 unspecified atom stereocenters. The van der Waals surface area contributed by atoms with Crippen molar-refractivity contribution in [1.82, 2.24) is 14.5 Å². The van der Waals surface area contributed by atoms with Crippen molar-refractivity contribution in [3.05, 3.63) is 45.5 Å². The molecule has 11 heteroatoms. The van der Waals surface area contributed by atoms with Gasteiger partial charge in [-0.3, -0.25) is 4.79 Å². The number of aryl methyl sites for hydroxylation is 1. The molecule has 1 aromatic carbocycles. The Balaban J connectivity index is 1.87. The largest absolute Gasteiger partial charge is 0.496 e. The minimum absolute atomic E-state index is 0.00198. The van der Waals surface area contributed by atoms with E-state index in [-0.39, 0.29) is 5.82 Å². The van der Waals surface area contributed by atoms with Gasteiger partial charge in [-0.25, -0.2) is 4.98 Å². The maximum absolute atomic E-state index is 13.5. The molecule has 0 N–H and O–H groups in total. The first-order chi connectivity index (χ1) is 16.0. The molecule has 0 fully saturated rings. The molecule has 0 bridgehead atoms. The molecule has 0 spiro atoms. The molecule has 1 atom stereocenters. The summed E-state index contributed by atoms with van der Waals surface area (Å²) < 4.78 is 47.4. The van der Waals surface area contributed by atoms with Crippen molar-refractivity contribution < 1.29 is 22.7 Å². The summed E-state index contributed by atoms with van der Waals surface area (Å²) >= 11 is 4.96. The Hall–Kier alpha value is -2.84. The van der Waals surface area contributed by atoms with Crippen LogP contribution in [-0.2, 0) is 13.0 Å². The molecule has 0 aliphatic carbocycles. The van der Waals surface area contributed by atoms with Crippen LogP contribution in [0.4, 0.5) is 13.2 Å². The maximum Gasteiger partial charge on any atom is 0.392 e. The number of amides is 1. The SMILES string of the molecule is COc1cc2c(cc1Br)-c1c(-c3cccs3)nc(C(=O)N(C)[C@](C)(C#N)CC(F)(F)F)n1CC2. The van der Waals surface area contributed by atoms with Crippen molar-refractivity contribution in [2.75, 3.05) is 14.2 Å². The predicted octanol–water partition coefficient (Wildman–Crippen LogP) is 5.91. The van der Waals surface area contributed by atoms with Gasteiger partial charge in [0.05, 0.1) is 34.6 Å². The standard InChI is InChI=1S/C23H20BrF3N4O2S/c1-22(12-28,11-23(25,26)27)30(2)21(32)20-29-18(17-5-4-8-34-17)19-14-10-15(24)16(33-3)9-13(14)6-7-31(19)20/h4-5,8-10H,6-7,11H2,1-3H3/t22-/m0/s1. The van der Waals surface area contributed by atoms with Crippen molar-refractivity contribution in [3.8, 4) is 33.6 Å². The third kappa shape index (κ3) is 4.20. The molecule has 1 amide bonds. The molecule has 1 aliphatic heterocycles. The van der Waals surface area contributed by atoms with Gasteiger partial charge >= 0.3 is 6.18 Å². The van der Waals surface area contributed by atoms with Gasteiger partial charge in [0.15, 0.2) is 5.82 Å². The van der Waals surface area contributed by atoms with Gasteiger partial charge in [0.25, 0.3) is 5.91 Å². The van der Waals surface area contributed by atoms with E-state index >= 15 is 0 Å². The number of nitrogens with zero attached hydrogens (tertiary/aromatic N) is 4. The van der Waals surface area contributed by atoms with E-state index in [1.807, 2.05) is 29.6 Å². The van der Waals surface area contributed by atoms with Crippen molar-refractivity contribution >= 4 is 33.2 Å². The van der Waals surface area contributed by atoms with Gasteiger partial charge in [0, 0.05) is 19.2 Å². The predicted molar refractivity (Wildman–Crippen MR) is 126 cm³/mol. The van der Waals surface area contributed by atoms with Crippen LogP contribution in [0.5, 0.6) is 5.75 Å². The van der Waals surface area contributed by atoms with E-state index in [2.05, 4.69) is 20.9 Å². The van der Waals surface area contributed by atoms with E-state index in [1.54, 1.807) is 17.7 Å². The highest BCUT2D eigenvalue weighted by Crippen LogP contribution is 2.43.